The van der Waals surface area contributed by atoms with Gasteiger partial charge in [0.05, 0.1) is 22.4 Å². The van der Waals surface area contributed by atoms with Gasteiger partial charge in [-0.25, -0.2) is 0 Å². The van der Waals surface area contributed by atoms with E-state index in [4.69, 9.17) is 0 Å². The second kappa shape index (κ2) is 6.16. The lowest BCUT2D eigenvalue weighted by atomic mass is 10.0. The summed E-state index contributed by atoms with van der Waals surface area (Å²) in [6.07, 6.45) is 3.96. The molecule has 0 spiro atoms. The van der Waals surface area contributed by atoms with E-state index < -0.39 is 0 Å². The van der Waals surface area contributed by atoms with Crippen LogP contribution in [0.5, 0.6) is 0 Å². The molecule has 1 unspecified atom stereocenters. The Morgan fingerprint density at radius 3 is 2.61 bits per heavy atom. The van der Waals surface area contributed by atoms with Crippen molar-refractivity contribution in [1.82, 2.24) is 15.1 Å². The lowest BCUT2D eigenvalue weighted by Gasteiger charge is -2.17. The molecular weight excluding hydrogens is 290 g/mol. The van der Waals surface area contributed by atoms with Crippen molar-refractivity contribution in [3.8, 4) is 0 Å². The van der Waals surface area contributed by atoms with Gasteiger partial charge in [-0.2, -0.15) is 5.10 Å². The molecule has 1 atom stereocenters. The average molecular weight is 308 g/mol. The van der Waals surface area contributed by atoms with Gasteiger partial charge in [-0.05, 0) is 41.4 Å². The maximum absolute atomic E-state index is 4.27. The van der Waals surface area contributed by atoms with Crippen molar-refractivity contribution >= 4 is 15.9 Å². The molecule has 0 saturated carbocycles. The second-order valence-corrected chi connectivity index (χ2v) is 5.22. The van der Waals surface area contributed by atoms with Crippen molar-refractivity contribution < 1.29 is 0 Å². The zero-order valence-electron chi connectivity index (χ0n) is 10.7. The topological polar surface area (TPSA) is 29.9 Å². The minimum absolute atomic E-state index is 0.312. The van der Waals surface area contributed by atoms with Crippen molar-refractivity contribution in [3.63, 3.8) is 0 Å². The maximum atomic E-state index is 4.27. The first-order valence-corrected chi connectivity index (χ1v) is 6.90. The Labute approximate surface area is 116 Å². The van der Waals surface area contributed by atoms with Crippen LogP contribution in [0.4, 0.5) is 0 Å². The third-order valence-corrected chi connectivity index (χ3v) is 3.79. The van der Waals surface area contributed by atoms with Crippen molar-refractivity contribution in [3.05, 3.63) is 52.3 Å². The fourth-order valence-corrected chi connectivity index (χ4v) is 2.81. The van der Waals surface area contributed by atoms with Gasteiger partial charge in [0, 0.05) is 7.05 Å². The maximum Gasteiger partial charge on any atom is 0.0692 e. The van der Waals surface area contributed by atoms with Crippen LogP contribution in [0, 0.1) is 0 Å². The number of hydrogen-bond acceptors (Lipinski definition) is 2. The quantitative estimate of drug-likeness (QED) is 0.920. The molecule has 1 aromatic carbocycles. The average Bonchev–Trinajstić information content (AvgIpc) is 2.73. The number of benzene rings is 1. The van der Waals surface area contributed by atoms with Crippen LogP contribution in [0.3, 0.4) is 0 Å². The van der Waals surface area contributed by atoms with Gasteiger partial charge in [0.25, 0.3) is 0 Å². The molecule has 1 heterocycles. The molecule has 0 fully saturated rings. The van der Waals surface area contributed by atoms with Crippen molar-refractivity contribution in [2.45, 2.75) is 18.9 Å². The normalized spacial score (nSPS) is 12.6. The molecule has 0 radical (unpaired) electrons. The molecule has 0 aliphatic heterocycles. The minimum atomic E-state index is 0.312. The van der Waals surface area contributed by atoms with Crippen LogP contribution < -0.4 is 5.32 Å². The summed E-state index contributed by atoms with van der Waals surface area (Å²) in [5.74, 6) is 0. The number of aromatic nitrogens is 2. The first-order chi connectivity index (χ1) is 8.72. The van der Waals surface area contributed by atoms with Gasteiger partial charge in [-0.15, -0.1) is 0 Å². The van der Waals surface area contributed by atoms with Crippen LogP contribution in [0.1, 0.15) is 23.7 Å². The number of aryl methyl sites for hydroxylation is 2. The number of hydrogen-bond donors (Lipinski definition) is 1. The molecule has 0 saturated heterocycles. The second-order valence-electron chi connectivity index (χ2n) is 4.37. The molecule has 0 aliphatic carbocycles. The standard InChI is InChI=1S/C14H18BrN3/c1-16-13(14-12(15)10-17-18(14)2)9-8-11-6-4-3-5-7-11/h3-7,10,13,16H,8-9H2,1-2H3. The van der Waals surface area contributed by atoms with Gasteiger partial charge in [0.1, 0.15) is 0 Å². The fraction of sp³-hybridized carbons (Fsp3) is 0.357. The molecule has 2 rings (SSSR count). The fourth-order valence-electron chi connectivity index (χ4n) is 2.19. The van der Waals surface area contributed by atoms with E-state index in [1.807, 2.05) is 25.0 Å². The number of nitrogens with zero attached hydrogens (tertiary/aromatic N) is 2. The summed E-state index contributed by atoms with van der Waals surface area (Å²) in [7, 11) is 3.97. The Morgan fingerprint density at radius 1 is 1.33 bits per heavy atom. The van der Waals surface area contributed by atoms with Crippen molar-refractivity contribution in [2.24, 2.45) is 7.05 Å². The van der Waals surface area contributed by atoms with Gasteiger partial charge < -0.3 is 5.32 Å². The summed E-state index contributed by atoms with van der Waals surface area (Å²) in [6.45, 7) is 0. The van der Waals surface area contributed by atoms with Crippen LogP contribution in [0.25, 0.3) is 0 Å². The molecule has 0 aliphatic rings. The van der Waals surface area contributed by atoms with Gasteiger partial charge >= 0.3 is 0 Å². The van der Waals surface area contributed by atoms with Gasteiger partial charge in [0.2, 0.25) is 0 Å². The molecule has 3 nitrogen and oxygen atoms in total. The summed E-state index contributed by atoms with van der Waals surface area (Å²) >= 11 is 3.56. The molecule has 2 aromatic rings. The van der Waals surface area contributed by atoms with Gasteiger partial charge in [-0.3, -0.25) is 4.68 Å². The largest absolute Gasteiger partial charge is 0.312 e. The van der Waals surface area contributed by atoms with E-state index in [0.717, 1.165) is 17.3 Å². The van der Waals surface area contributed by atoms with E-state index in [9.17, 15) is 0 Å². The monoisotopic (exact) mass is 307 g/mol. The third kappa shape index (κ3) is 3.00. The van der Waals surface area contributed by atoms with E-state index in [0.29, 0.717) is 6.04 Å². The van der Waals surface area contributed by atoms with Crippen LogP contribution in [-0.4, -0.2) is 16.8 Å². The summed E-state index contributed by atoms with van der Waals surface area (Å²) in [5, 5.41) is 7.64. The predicted molar refractivity (Wildman–Crippen MR) is 77.5 cm³/mol. The zero-order valence-corrected chi connectivity index (χ0v) is 12.3. The van der Waals surface area contributed by atoms with E-state index in [1.165, 1.54) is 11.3 Å². The highest BCUT2D eigenvalue weighted by Gasteiger charge is 2.16. The van der Waals surface area contributed by atoms with Crippen LogP contribution in [0.15, 0.2) is 41.0 Å². The molecule has 0 amide bonds. The summed E-state index contributed by atoms with van der Waals surface area (Å²) in [5.41, 5.74) is 2.57. The highest BCUT2D eigenvalue weighted by molar-refractivity contribution is 9.10. The first-order valence-electron chi connectivity index (χ1n) is 6.11. The Kier molecular flexibility index (Phi) is 4.55. The number of rotatable bonds is 5. The van der Waals surface area contributed by atoms with Crippen LogP contribution in [0.2, 0.25) is 0 Å². The van der Waals surface area contributed by atoms with E-state index in [2.05, 4.69) is 56.7 Å². The highest BCUT2D eigenvalue weighted by atomic mass is 79.9. The summed E-state index contributed by atoms with van der Waals surface area (Å²) in [6, 6.07) is 10.9. The van der Waals surface area contributed by atoms with E-state index in [1.54, 1.807) is 0 Å². The molecule has 18 heavy (non-hydrogen) atoms. The number of halogens is 1. The Balaban J connectivity index is 2.07. The first kappa shape index (κ1) is 13.3. The van der Waals surface area contributed by atoms with E-state index in [-0.39, 0.29) is 0 Å². The molecule has 0 bridgehead atoms. The van der Waals surface area contributed by atoms with E-state index >= 15 is 0 Å². The smallest absolute Gasteiger partial charge is 0.0692 e. The van der Waals surface area contributed by atoms with Crippen LogP contribution in [-0.2, 0) is 13.5 Å². The lowest BCUT2D eigenvalue weighted by Crippen LogP contribution is -2.20. The highest BCUT2D eigenvalue weighted by Crippen LogP contribution is 2.25. The molecule has 1 aromatic heterocycles. The van der Waals surface area contributed by atoms with Gasteiger partial charge in [-0.1, -0.05) is 30.3 Å². The van der Waals surface area contributed by atoms with Crippen molar-refractivity contribution in [2.75, 3.05) is 7.05 Å². The van der Waals surface area contributed by atoms with Gasteiger partial charge in [0.15, 0.2) is 0 Å². The number of nitrogens with one attached hydrogen (secondary N) is 1. The summed E-state index contributed by atoms with van der Waals surface area (Å²) < 4.78 is 2.99. The van der Waals surface area contributed by atoms with Crippen LogP contribution >= 0.6 is 15.9 Å². The molecule has 96 valence electrons. The third-order valence-electron chi connectivity index (χ3n) is 3.18. The lowest BCUT2D eigenvalue weighted by molar-refractivity contribution is 0.504. The van der Waals surface area contributed by atoms with Crippen molar-refractivity contribution in [1.29, 1.82) is 0 Å². The molecule has 1 N–H and O–H groups in total. The predicted octanol–water partition coefficient (Wildman–Crippen LogP) is 3.08. The Bertz CT molecular complexity index is 473. The summed E-state index contributed by atoms with van der Waals surface area (Å²) in [4.78, 5) is 0. The minimum Gasteiger partial charge on any atom is -0.312 e. The Morgan fingerprint density at radius 2 is 2.06 bits per heavy atom. The molecule has 4 heteroatoms. The Hall–Kier alpha value is -1.13. The SMILES string of the molecule is CNC(CCc1ccccc1)c1c(Br)cnn1C. The molecular formula is C14H18BrN3. The zero-order chi connectivity index (χ0) is 13.0.